The Morgan fingerprint density at radius 1 is 1.75 bits per heavy atom. The Hall–Kier alpha value is -1.31. The van der Waals surface area contributed by atoms with Gasteiger partial charge in [0.05, 0.1) is 12.4 Å². The Labute approximate surface area is 72.2 Å². The van der Waals surface area contributed by atoms with Crippen LogP contribution < -0.4 is 0 Å². The lowest BCUT2D eigenvalue weighted by Crippen LogP contribution is -2.00. The first-order chi connectivity index (χ1) is 5.83. The molecule has 0 aliphatic heterocycles. The van der Waals surface area contributed by atoms with Crippen LogP contribution in [0.1, 0.15) is 12.8 Å². The maximum Gasteiger partial charge on any atom is 0.158 e. The summed E-state index contributed by atoms with van der Waals surface area (Å²) in [5, 5.41) is 0. The van der Waals surface area contributed by atoms with Crippen molar-refractivity contribution in [2.75, 3.05) is 6.61 Å². The van der Waals surface area contributed by atoms with Crippen LogP contribution in [0.15, 0.2) is 36.6 Å². The number of carbonyl (C=O) groups is 1. The number of hydrogen-bond donors (Lipinski definition) is 0. The fourth-order valence-electron chi connectivity index (χ4n) is 0.919. The van der Waals surface area contributed by atoms with Crippen molar-refractivity contribution in [2.45, 2.75) is 12.8 Å². The van der Waals surface area contributed by atoms with Gasteiger partial charge >= 0.3 is 0 Å². The predicted octanol–water partition coefficient (Wildman–Crippen LogP) is 1.99. The van der Waals surface area contributed by atoms with Gasteiger partial charge in [0.15, 0.2) is 5.78 Å². The molecule has 1 aliphatic carbocycles. The Morgan fingerprint density at radius 3 is 3.17 bits per heavy atom. The van der Waals surface area contributed by atoms with E-state index in [1.54, 1.807) is 0 Å². The van der Waals surface area contributed by atoms with Gasteiger partial charge in [-0.2, -0.15) is 0 Å². The monoisotopic (exact) mass is 164 g/mol. The van der Waals surface area contributed by atoms with E-state index in [0.717, 1.165) is 12.2 Å². The molecule has 0 bridgehead atoms. The van der Waals surface area contributed by atoms with Crippen LogP contribution in [-0.4, -0.2) is 12.4 Å². The summed E-state index contributed by atoms with van der Waals surface area (Å²) in [6.07, 6.45) is 8.47. The minimum atomic E-state index is 0.0292. The molecule has 0 spiro atoms. The molecule has 0 saturated carbocycles. The largest absolute Gasteiger partial charge is 0.497 e. The molecule has 2 heteroatoms. The highest BCUT2D eigenvalue weighted by Gasteiger charge is 2.01. The van der Waals surface area contributed by atoms with Gasteiger partial charge in [-0.1, -0.05) is 18.7 Å². The van der Waals surface area contributed by atoms with Gasteiger partial charge in [-0.15, -0.1) is 0 Å². The third kappa shape index (κ3) is 2.74. The molecule has 0 heterocycles. The maximum absolute atomic E-state index is 10.8. The number of allylic oxidation sites excluding steroid dienone is 4. The fourth-order valence-corrected chi connectivity index (χ4v) is 0.919. The zero-order valence-corrected chi connectivity index (χ0v) is 6.95. The van der Waals surface area contributed by atoms with E-state index in [1.807, 2.05) is 18.2 Å². The van der Waals surface area contributed by atoms with Gasteiger partial charge in [0.25, 0.3) is 0 Å². The third-order valence-electron chi connectivity index (χ3n) is 1.60. The lowest BCUT2D eigenvalue weighted by molar-refractivity contribution is -0.115. The zero-order chi connectivity index (χ0) is 8.81. The molecule has 1 rings (SSSR count). The van der Waals surface area contributed by atoms with Crippen LogP contribution in [0.4, 0.5) is 0 Å². The van der Waals surface area contributed by atoms with Gasteiger partial charge in [-0.05, 0) is 12.2 Å². The van der Waals surface area contributed by atoms with E-state index in [9.17, 15) is 4.79 Å². The molecule has 0 radical (unpaired) electrons. The van der Waals surface area contributed by atoms with Gasteiger partial charge < -0.3 is 4.74 Å². The molecule has 12 heavy (non-hydrogen) atoms. The van der Waals surface area contributed by atoms with Crippen LogP contribution in [0, 0.1) is 0 Å². The van der Waals surface area contributed by atoms with Gasteiger partial charge in [0.1, 0.15) is 0 Å². The Kier molecular flexibility index (Phi) is 3.33. The molecule has 0 N–H and O–H groups in total. The fraction of sp³-hybridized carbons (Fsp3) is 0.300. The number of ketones is 1. The topological polar surface area (TPSA) is 26.3 Å². The summed E-state index contributed by atoms with van der Waals surface area (Å²) in [5.74, 6) is 0.966. The van der Waals surface area contributed by atoms with Crippen molar-refractivity contribution in [3.63, 3.8) is 0 Å². The summed E-state index contributed by atoms with van der Waals surface area (Å²) in [5.41, 5.74) is 0. The van der Waals surface area contributed by atoms with Crippen molar-refractivity contribution in [1.82, 2.24) is 0 Å². The standard InChI is InChI=1S/C10H12O2/c1-2-9(11)7-8-12-10-5-3-4-6-10/h2-5H,1,6-8H2. The number of rotatable bonds is 5. The van der Waals surface area contributed by atoms with E-state index in [1.165, 1.54) is 6.08 Å². The molecular weight excluding hydrogens is 152 g/mol. The molecule has 0 saturated heterocycles. The summed E-state index contributed by atoms with van der Waals surface area (Å²) in [7, 11) is 0. The summed E-state index contributed by atoms with van der Waals surface area (Å²) in [6, 6.07) is 0. The minimum absolute atomic E-state index is 0.0292. The second-order valence-corrected chi connectivity index (χ2v) is 2.53. The molecule has 0 aromatic carbocycles. The van der Waals surface area contributed by atoms with Crippen molar-refractivity contribution in [3.05, 3.63) is 36.6 Å². The Morgan fingerprint density at radius 2 is 2.58 bits per heavy atom. The van der Waals surface area contributed by atoms with E-state index in [0.29, 0.717) is 13.0 Å². The smallest absolute Gasteiger partial charge is 0.158 e. The maximum atomic E-state index is 10.8. The first kappa shape index (κ1) is 8.78. The molecule has 64 valence electrons. The van der Waals surface area contributed by atoms with Gasteiger partial charge in [0.2, 0.25) is 0 Å². The quantitative estimate of drug-likeness (QED) is 0.581. The van der Waals surface area contributed by atoms with Crippen molar-refractivity contribution in [3.8, 4) is 0 Å². The highest BCUT2D eigenvalue weighted by molar-refractivity contribution is 5.89. The lowest BCUT2D eigenvalue weighted by atomic mass is 10.3. The first-order valence-corrected chi connectivity index (χ1v) is 3.96. The highest BCUT2D eigenvalue weighted by atomic mass is 16.5. The van der Waals surface area contributed by atoms with Crippen molar-refractivity contribution in [2.24, 2.45) is 0 Å². The molecule has 2 nitrogen and oxygen atoms in total. The van der Waals surface area contributed by atoms with Gasteiger partial charge in [-0.25, -0.2) is 0 Å². The van der Waals surface area contributed by atoms with Gasteiger partial charge in [-0.3, -0.25) is 4.79 Å². The molecule has 1 aliphatic rings. The van der Waals surface area contributed by atoms with Crippen LogP contribution in [-0.2, 0) is 9.53 Å². The average Bonchev–Trinajstić information content (AvgIpc) is 2.57. The molecule has 0 unspecified atom stereocenters. The van der Waals surface area contributed by atoms with Crippen molar-refractivity contribution < 1.29 is 9.53 Å². The molecular formula is C10H12O2. The SMILES string of the molecule is C=CC(=O)CCOC1=CC=CC1. The van der Waals surface area contributed by atoms with E-state index >= 15 is 0 Å². The molecule has 0 atom stereocenters. The lowest BCUT2D eigenvalue weighted by Gasteiger charge is -2.03. The Balaban J connectivity index is 2.10. The minimum Gasteiger partial charge on any atom is -0.497 e. The van der Waals surface area contributed by atoms with Crippen LogP contribution >= 0.6 is 0 Å². The van der Waals surface area contributed by atoms with Crippen molar-refractivity contribution in [1.29, 1.82) is 0 Å². The molecule has 0 aromatic heterocycles. The predicted molar refractivity (Wildman–Crippen MR) is 47.6 cm³/mol. The average molecular weight is 164 g/mol. The second-order valence-electron chi connectivity index (χ2n) is 2.53. The molecule has 0 aromatic rings. The zero-order valence-electron chi connectivity index (χ0n) is 6.95. The summed E-state index contributed by atoms with van der Waals surface area (Å²) >= 11 is 0. The first-order valence-electron chi connectivity index (χ1n) is 3.96. The Bertz CT molecular complexity index is 236. The van der Waals surface area contributed by atoms with E-state index in [4.69, 9.17) is 4.74 Å². The van der Waals surface area contributed by atoms with Crippen LogP contribution in [0.2, 0.25) is 0 Å². The van der Waals surface area contributed by atoms with E-state index < -0.39 is 0 Å². The van der Waals surface area contributed by atoms with Crippen LogP contribution in [0.3, 0.4) is 0 Å². The number of hydrogen-bond acceptors (Lipinski definition) is 2. The third-order valence-corrected chi connectivity index (χ3v) is 1.60. The number of ether oxygens (including phenoxy) is 1. The van der Waals surface area contributed by atoms with Crippen molar-refractivity contribution >= 4 is 5.78 Å². The summed E-state index contributed by atoms with van der Waals surface area (Å²) in [4.78, 5) is 10.8. The highest BCUT2D eigenvalue weighted by Crippen LogP contribution is 2.11. The van der Waals surface area contributed by atoms with E-state index in [2.05, 4.69) is 6.58 Å². The number of carbonyl (C=O) groups excluding carboxylic acids is 1. The molecule has 0 fully saturated rings. The van der Waals surface area contributed by atoms with E-state index in [-0.39, 0.29) is 5.78 Å². The van der Waals surface area contributed by atoms with Gasteiger partial charge in [0, 0.05) is 12.8 Å². The summed E-state index contributed by atoms with van der Waals surface area (Å²) in [6.45, 7) is 3.84. The van der Waals surface area contributed by atoms with Crippen LogP contribution in [0.5, 0.6) is 0 Å². The molecule has 0 amide bonds. The summed E-state index contributed by atoms with van der Waals surface area (Å²) < 4.78 is 5.31. The normalized spacial score (nSPS) is 14.2. The van der Waals surface area contributed by atoms with Crippen LogP contribution in [0.25, 0.3) is 0 Å². The second kappa shape index (κ2) is 4.54.